The maximum absolute atomic E-state index is 13.1. The monoisotopic (exact) mass is 376 g/mol. The standard InChI is InChI=1S/C18H24N4O5/c1-2-3-8-21-15(19)14(16(23)20-18(21)25)22(11-12-6-4-9-26-12)17(24)13-7-5-10-27-13/h4,6,9,13H,2-3,5,7-8,10-11,19H2,1H3,(H,20,23,25)/t13-/m1/s1. The third-order valence-corrected chi connectivity index (χ3v) is 4.58. The first kappa shape index (κ1) is 19.0. The number of nitrogen functional groups attached to an aromatic ring is 1. The molecule has 3 rings (SSSR count). The van der Waals surface area contributed by atoms with Crippen molar-refractivity contribution in [2.24, 2.45) is 0 Å². The molecule has 2 aromatic heterocycles. The highest BCUT2D eigenvalue weighted by atomic mass is 16.5. The fourth-order valence-corrected chi connectivity index (χ4v) is 3.15. The van der Waals surface area contributed by atoms with Gasteiger partial charge in [-0.05, 0) is 31.4 Å². The highest BCUT2D eigenvalue weighted by molar-refractivity contribution is 5.98. The number of carbonyl (C=O) groups is 1. The molecule has 3 heterocycles. The Morgan fingerprint density at radius 2 is 2.26 bits per heavy atom. The molecule has 1 fully saturated rings. The van der Waals surface area contributed by atoms with Crippen LogP contribution in [0.2, 0.25) is 0 Å². The Labute approximate surface area is 155 Å². The summed E-state index contributed by atoms with van der Waals surface area (Å²) in [6.45, 7) is 2.85. The molecule has 0 aliphatic carbocycles. The molecule has 1 atom stereocenters. The lowest BCUT2D eigenvalue weighted by atomic mass is 10.2. The highest BCUT2D eigenvalue weighted by Crippen LogP contribution is 2.24. The minimum atomic E-state index is -0.705. The number of carbonyl (C=O) groups excluding carboxylic acids is 1. The zero-order chi connectivity index (χ0) is 19.4. The molecule has 27 heavy (non-hydrogen) atoms. The van der Waals surface area contributed by atoms with Gasteiger partial charge in [0.1, 0.15) is 17.7 Å². The Morgan fingerprint density at radius 3 is 2.89 bits per heavy atom. The quantitative estimate of drug-likeness (QED) is 0.749. The fraction of sp³-hybridized carbons (Fsp3) is 0.500. The van der Waals surface area contributed by atoms with Gasteiger partial charge in [0.25, 0.3) is 11.5 Å². The zero-order valence-corrected chi connectivity index (χ0v) is 15.3. The van der Waals surface area contributed by atoms with Crippen LogP contribution in [0.4, 0.5) is 11.5 Å². The van der Waals surface area contributed by atoms with E-state index in [4.69, 9.17) is 14.9 Å². The van der Waals surface area contributed by atoms with Gasteiger partial charge in [-0.2, -0.15) is 0 Å². The van der Waals surface area contributed by atoms with Crippen molar-refractivity contribution in [3.05, 3.63) is 45.0 Å². The van der Waals surface area contributed by atoms with Crippen LogP contribution in [-0.2, 0) is 22.6 Å². The van der Waals surface area contributed by atoms with Crippen molar-refractivity contribution in [3.63, 3.8) is 0 Å². The number of amides is 1. The zero-order valence-electron chi connectivity index (χ0n) is 15.3. The molecular formula is C18H24N4O5. The molecule has 2 aromatic rings. The molecule has 3 N–H and O–H groups in total. The van der Waals surface area contributed by atoms with Crippen molar-refractivity contribution in [1.29, 1.82) is 0 Å². The van der Waals surface area contributed by atoms with E-state index in [-0.39, 0.29) is 24.0 Å². The number of aromatic amines is 1. The van der Waals surface area contributed by atoms with E-state index in [0.717, 1.165) is 12.8 Å². The first-order chi connectivity index (χ1) is 13.0. The van der Waals surface area contributed by atoms with Crippen LogP contribution in [0.1, 0.15) is 38.4 Å². The third kappa shape index (κ3) is 3.97. The Balaban J connectivity index is 2.06. The topological polar surface area (TPSA) is 124 Å². The van der Waals surface area contributed by atoms with E-state index in [0.29, 0.717) is 31.8 Å². The molecule has 9 nitrogen and oxygen atoms in total. The van der Waals surface area contributed by atoms with Crippen LogP contribution >= 0.6 is 0 Å². The normalized spacial score (nSPS) is 16.6. The summed E-state index contributed by atoms with van der Waals surface area (Å²) in [5.74, 6) is 0.0864. The molecule has 0 unspecified atom stereocenters. The maximum Gasteiger partial charge on any atom is 0.330 e. The average molecular weight is 376 g/mol. The second-order valence-electron chi connectivity index (χ2n) is 6.50. The van der Waals surface area contributed by atoms with Gasteiger partial charge in [-0.25, -0.2) is 4.79 Å². The molecular weight excluding hydrogens is 352 g/mol. The second kappa shape index (κ2) is 8.26. The van der Waals surface area contributed by atoms with Crippen LogP contribution in [-0.4, -0.2) is 28.2 Å². The minimum Gasteiger partial charge on any atom is -0.467 e. The van der Waals surface area contributed by atoms with Gasteiger partial charge in [-0.3, -0.25) is 24.0 Å². The van der Waals surface area contributed by atoms with Crippen molar-refractivity contribution < 1.29 is 13.9 Å². The Hall–Kier alpha value is -2.81. The number of hydrogen-bond acceptors (Lipinski definition) is 6. The average Bonchev–Trinajstić information content (AvgIpc) is 3.34. The number of nitrogens with two attached hydrogens (primary N) is 1. The van der Waals surface area contributed by atoms with Crippen LogP contribution in [0.5, 0.6) is 0 Å². The van der Waals surface area contributed by atoms with E-state index in [1.165, 1.54) is 15.7 Å². The fourth-order valence-electron chi connectivity index (χ4n) is 3.15. The summed E-state index contributed by atoms with van der Waals surface area (Å²) in [6.07, 6.45) is 3.75. The van der Waals surface area contributed by atoms with E-state index in [1.54, 1.807) is 12.1 Å². The van der Waals surface area contributed by atoms with Crippen LogP contribution in [0.3, 0.4) is 0 Å². The Morgan fingerprint density at radius 1 is 1.44 bits per heavy atom. The van der Waals surface area contributed by atoms with Gasteiger partial charge in [-0.15, -0.1) is 0 Å². The van der Waals surface area contributed by atoms with E-state index < -0.39 is 17.4 Å². The predicted octanol–water partition coefficient (Wildman–Crippen LogP) is 1.22. The Bertz CT molecular complexity index is 893. The number of nitrogens with one attached hydrogen (secondary N) is 1. The van der Waals surface area contributed by atoms with Gasteiger partial charge in [0.05, 0.1) is 12.8 Å². The molecule has 1 aliphatic heterocycles. The van der Waals surface area contributed by atoms with Crippen molar-refractivity contribution in [2.75, 3.05) is 17.2 Å². The summed E-state index contributed by atoms with van der Waals surface area (Å²) in [4.78, 5) is 41.3. The highest BCUT2D eigenvalue weighted by Gasteiger charge is 2.33. The Kier molecular flexibility index (Phi) is 5.80. The van der Waals surface area contributed by atoms with Gasteiger partial charge < -0.3 is 14.9 Å². The van der Waals surface area contributed by atoms with Gasteiger partial charge >= 0.3 is 5.69 Å². The molecule has 1 aliphatic rings. The first-order valence-electron chi connectivity index (χ1n) is 9.11. The van der Waals surface area contributed by atoms with E-state index in [2.05, 4.69) is 4.98 Å². The second-order valence-corrected chi connectivity index (χ2v) is 6.50. The first-order valence-corrected chi connectivity index (χ1v) is 9.11. The predicted molar refractivity (Wildman–Crippen MR) is 99.5 cm³/mol. The molecule has 1 saturated heterocycles. The van der Waals surface area contributed by atoms with E-state index in [1.807, 2.05) is 6.92 Å². The molecule has 146 valence electrons. The van der Waals surface area contributed by atoms with Gasteiger partial charge in [0, 0.05) is 13.2 Å². The van der Waals surface area contributed by atoms with Crippen LogP contribution in [0.25, 0.3) is 0 Å². The molecule has 0 bridgehead atoms. The molecule has 1 amide bonds. The van der Waals surface area contributed by atoms with Gasteiger partial charge in [0.15, 0.2) is 5.69 Å². The van der Waals surface area contributed by atoms with E-state index >= 15 is 0 Å². The lowest BCUT2D eigenvalue weighted by Crippen LogP contribution is -2.44. The third-order valence-electron chi connectivity index (χ3n) is 4.58. The molecule has 0 spiro atoms. The number of hydrogen-bond donors (Lipinski definition) is 2. The molecule has 0 radical (unpaired) electrons. The van der Waals surface area contributed by atoms with Crippen molar-refractivity contribution in [1.82, 2.24) is 9.55 Å². The van der Waals surface area contributed by atoms with Crippen LogP contribution in [0, 0.1) is 0 Å². The van der Waals surface area contributed by atoms with Crippen molar-refractivity contribution in [2.45, 2.75) is 51.8 Å². The lowest BCUT2D eigenvalue weighted by Gasteiger charge is -2.25. The van der Waals surface area contributed by atoms with Gasteiger partial charge in [0.2, 0.25) is 0 Å². The lowest BCUT2D eigenvalue weighted by molar-refractivity contribution is -0.127. The number of nitrogens with zero attached hydrogens (tertiary/aromatic N) is 2. The van der Waals surface area contributed by atoms with E-state index in [9.17, 15) is 14.4 Å². The van der Waals surface area contributed by atoms with Crippen molar-refractivity contribution >= 4 is 17.4 Å². The van der Waals surface area contributed by atoms with Crippen LogP contribution in [0.15, 0.2) is 32.4 Å². The largest absolute Gasteiger partial charge is 0.467 e. The summed E-state index contributed by atoms with van der Waals surface area (Å²) in [5, 5.41) is 0. The SMILES string of the molecule is CCCCn1c(N)c(N(Cc2ccco2)C(=O)[C@H]2CCCO2)c(=O)[nH]c1=O. The molecule has 0 saturated carbocycles. The number of unbranched alkanes of at least 4 members (excludes halogenated alkanes) is 1. The van der Waals surface area contributed by atoms with Gasteiger partial charge in [-0.1, -0.05) is 13.3 Å². The smallest absolute Gasteiger partial charge is 0.330 e. The summed E-state index contributed by atoms with van der Waals surface area (Å²) < 4.78 is 12.1. The summed E-state index contributed by atoms with van der Waals surface area (Å²) in [5.41, 5.74) is 4.83. The maximum atomic E-state index is 13.1. The number of aromatic nitrogens is 2. The minimum absolute atomic E-state index is 0.0188. The van der Waals surface area contributed by atoms with Crippen molar-refractivity contribution in [3.8, 4) is 0 Å². The summed E-state index contributed by atoms with van der Waals surface area (Å²) in [7, 11) is 0. The number of anilines is 2. The number of furan rings is 1. The number of ether oxygens (including phenoxy) is 1. The number of rotatable bonds is 7. The molecule has 0 aromatic carbocycles. The number of H-pyrrole nitrogens is 1. The molecule has 9 heteroatoms. The van der Waals surface area contributed by atoms with Crippen LogP contribution < -0.4 is 21.9 Å². The summed E-state index contributed by atoms with van der Waals surface area (Å²) >= 11 is 0. The summed E-state index contributed by atoms with van der Waals surface area (Å²) in [6, 6.07) is 3.40.